The molecular formula is C13H10ClN3O4. The van der Waals surface area contributed by atoms with Crippen molar-refractivity contribution >= 4 is 29.2 Å². The third-order valence-electron chi connectivity index (χ3n) is 2.41. The summed E-state index contributed by atoms with van der Waals surface area (Å²) in [7, 11) is 0. The zero-order chi connectivity index (χ0) is 15.2. The second-order valence-corrected chi connectivity index (χ2v) is 4.27. The predicted octanol–water partition coefficient (Wildman–Crippen LogP) is 1.16. The molecule has 0 fully saturated rings. The van der Waals surface area contributed by atoms with Gasteiger partial charge in [0, 0.05) is 18.3 Å². The highest BCUT2D eigenvalue weighted by Gasteiger charge is 2.12. The van der Waals surface area contributed by atoms with Gasteiger partial charge in [-0.1, -0.05) is 11.6 Å². The third-order valence-corrected chi connectivity index (χ3v) is 2.71. The van der Waals surface area contributed by atoms with Gasteiger partial charge in [0.2, 0.25) is 0 Å². The Hall–Kier alpha value is -2.67. The van der Waals surface area contributed by atoms with Crippen LogP contribution in [0.4, 0.5) is 5.69 Å². The number of esters is 1. The number of carbonyl (C=O) groups is 2. The number of hydrogen-bond donors (Lipinski definition) is 1. The van der Waals surface area contributed by atoms with Gasteiger partial charge in [-0.15, -0.1) is 0 Å². The largest absolute Gasteiger partial charge is 0.619 e. The molecule has 0 atom stereocenters. The Kier molecular flexibility index (Phi) is 4.68. The summed E-state index contributed by atoms with van der Waals surface area (Å²) >= 11 is 5.78. The average Bonchev–Trinajstić information content (AvgIpc) is 2.48. The Morgan fingerprint density at radius 3 is 2.71 bits per heavy atom. The van der Waals surface area contributed by atoms with Gasteiger partial charge in [0.05, 0.1) is 11.3 Å². The quantitative estimate of drug-likeness (QED) is 0.396. The van der Waals surface area contributed by atoms with Crippen molar-refractivity contribution in [2.45, 2.75) is 0 Å². The monoisotopic (exact) mass is 307 g/mol. The number of amides is 1. The molecule has 7 nitrogen and oxygen atoms in total. The van der Waals surface area contributed by atoms with Gasteiger partial charge in [-0.2, -0.15) is 4.73 Å². The van der Waals surface area contributed by atoms with E-state index in [9.17, 15) is 14.8 Å². The first-order valence-corrected chi connectivity index (χ1v) is 6.20. The summed E-state index contributed by atoms with van der Waals surface area (Å²) in [6.45, 7) is -0.476. The van der Waals surface area contributed by atoms with Crippen LogP contribution in [0.5, 0.6) is 0 Å². The van der Waals surface area contributed by atoms with E-state index in [1.54, 1.807) is 12.1 Å². The van der Waals surface area contributed by atoms with E-state index in [2.05, 4.69) is 10.3 Å². The SMILES string of the molecule is O=C(COC(=O)c1cc[n+]([O-])cc1)Nc1cccnc1Cl. The molecule has 2 aromatic rings. The molecule has 1 N–H and O–H groups in total. The zero-order valence-corrected chi connectivity index (χ0v) is 11.4. The molecule has 0 aliphatic heterocycles. The van der Waals surface area contributed by atoms with Gasteiger partial charge in [0.1, 0.15) is 0 Å². The Morgan fingerprint density at radius 1 is 1.33 bits per heavy atom. The lowest BCUT2D eigenvalue weighted by molar-refractivity contribution is -0.605. The molecule has 0 saturated carbocycles. The molecule has 2 heterocycles. The molecule has 0 saturated heterocycles. The van der Waals surface area contributed by atoms with Crippen LogP contribution in [-0.4, -0.2) is 23.5 Å². The molecular weight excluding hydrogens is 298 g/mol. The Morgan fingerprint density at radius 2 is 2.05 bits per heavy atom. The molecule has 21 heavy (non-hydrogen) atoms. The number of halogens is 1. The molecule has 2 rings (SSSR count). The Labute approximate surface area is 124 Å². The lowest BCUT2D eigenvalue weighted by Gasteiger charge is -2.07. The van der Waals surface area contributed by atoms with E-state index in [4.69, 9.17) is 16.3 Å². The molecule has 0 aliphatic carbocycles. The van der Waals surface area contributed by atoms with Gasteiger partial charge in [0.25, 0.3) is 5.91 Å². The minimum absolute atomic E-state index is 0.139. The number of rotatable bonds is 4. The fourth-order valence-electron chi connectivity index (χ4n) is 1.43. The van der Waals surface area contributed by atoms with E-state index in [1.165, 1.54) is 18.3 Å². The van der Waals surface area contributed by atoms with Crippen LogP contribution in [0.3, 0.4) is 0 Å². The number of nitrogens with one attached hydrogen (secondary N) is 1. The van der Waals surface area contributed by atoms with Crippen LogP contribution in [0.25, 0.3) is 0 Å². The van der Waals surface area contributed by atoms with E-state index in [1.807, 2.05) is 0 Å². The standard InChI is InChI=1S/C13H10ClN3O4/c14-12-10(2-1-5-15-12)16-11(18)8-21-13(19)9-3-6-17(20)7-4-9/h1-7H,8H2,(H,16,18). The van der Waals surface area contributed by atoms with Gasteiger partial charge in [-0.25, -0.2) is 9.78 Å². The molecule has 0 spiro atoms. The molecule has 0 bridgehead atoms. The van der Waals surface area contributed by atoms with Gasteiger partial charge in [-0.3, -0.25) is 4.79 Å². The summed E-state index contributed by atoms with van der Waals surface area (Å²) in [6.07, 6.45) is 3.80. The smallest absolute Gasteiger partial charge is 0.339 e. The van der Waals surface area contributed by atoms with E-state index in [0.29, 0.717) is 10.4 Å². The van der Waals surface area contributed by atoms with Crippen LogP contribution in [0, 0.1) is 5.21 Å². The number of anilines is 1. The fraction of sp³-hybridized carbons (Fsp3) is 0.0769. The lowest BCUT2D eigenvalue weighted by Crippen LogP contribution is -2.25. The number of aromatic nitrogens is 2. The first-order valence-electron chi connectivity index (χ1n) is 5.82. The maximum absolute atomic E-state index is 11.6. The maximum Gasteiger partial charge on any atom is 0.339 e. The normalized spacial score (nSPS) is 9.95. The molecule has 0 aromatic carbocycles. The van der Waals surface area contributed by atoms with Crippen LogP contribution < -0.4 is 10.0 Å². The van der Waals surface area contributed by atoms with Gasteiger partial charge < -0.3 is 15.3 Å². The summed E-state index contributed by atoms with van der Waals surface area (Å²) < 4.78 is 5.35. The number of pyridine rings is 2. The second kappa shape index (κ2) is 6.67. The van der Waals surface area contributed by atoms with Gasteiger partial charge in [0.15, 0.2) is 24.2 Å². The van der Waals surface area contributed by atoms with E-state index in [-0.39, 0.29) is 10.7 Å². The number of carbonyl (C=O) groups excluding carboxylic acids is 2. The van der Waals surface area contributed by atoms with E-state index in [0.717, 1.165) is 12.4 Å². The van der Waals surface area contributed by atoms with Crippen molar-refractivity contribution < 1.29 is 19.1 Å². The van der Waals surface area contributed by atoms with Crippen LogP contribution >= 0.6 is 11.6 Å². The van der Waals surface area contributed by atoms with Crippen molar-refractivity contribution in [3.8, 4) is 0 Å². The summed E-state index contributed by atoms with van der Waals surface area (Å²) in [5.41, 5.74) is 0.502. The average molecular weight is 308 g/mol. The second-order valence-electron chi connectivity index (χ2n) is 3.91. The highest BCUT2D eigenvalue weighted by Crippen LogP contribution is 2.17. The highest BCUT2D eigenvalue weighted by molar-refractivity contribution is 6.32. The molecule has 108 valence electrons. The number of ether oxygens (including phenoxy) is 1. The van der Waals surface area contributed by atoms with Crippen molar-refractivity contribution in [2.24, 2.45) is 0 Å². The Bertz CT molecular complexity index is 661. The van der Waals surface area contributed by atoms with Crippen molar-refractivity contribution in [1.29, 1.82) is 0 Å². The fourth-order valence-corrected chi connectivity index (χ4v) is 1.60. The number of nitrogens with zero attached hydrogens (tertiary/aromatic N) is 2. The van der Waals surface area contributed by atoms with E-state index >= 15 is 0 Å². The molecule has 8 heteroatoms. The highest BCUT2D eigenvalue weighted by atomic mass is 35.5. The molecule has 1 amide bonds. The topological polar surface area (TPSA) is 95.2 Å². The Balaban J connectivity index is 1.88. The van der Waals surface area contributed by atoms with Crippen LogP contribution in [0.15, 0.2) is 42.9 Å². The molecule has 0 radical (unpaired) electrons. The van der Waals surface area contributed by atoms with Crippen molar-refractivity contribution in [3.05, 3.63) is 58.8 Å². The van der Waals surface area contributed by atoms with Crippen molar-refractivity contribution in [3.63, 3.8) is 0 Å². The minimum atomic E-state index is -0.706. The van der Waals surface area contributed by atoms with Crippen LogP contribution in [-0.2, 0) is 9.53 Å². The minimum Gasteiger partial charge on any atom is -0.619 e. The van der Waals surface area contributed by atoms with E-state index < -0.39 is 18.5 Å². The first kappa shape index (κ1) is 14.7. The van der Waals surface area contributed by atoms with Gasteiger partial charge in [-0.05, 0) is 12.1 Å². The first-order chi connectivity index (χ1) is 10.1. The lowest BCUT2D eigenvalue weighted by atomic mass is 10.3. The van der Waals surface area contributed by atoms with Crippen molar-refractivity contribution in [1.82, 2.24) is 4.98 Å². The maximum atomic E-state index is 11.6. The van der Waals surface area contributed by atoms with Crippen molar-refractivity contribution in [2.75, 3.05) is 11.9 Å². The molecule has 0 aliphatic rings. The van der Waals surface area contributed by atoms with Crippen LogP contribution in [0.1, 0.15) is 10.4 Å². The predicted molar refractivity (Wildman–Crippen MR) is 73.6 cm³/mol. The summed E-state index contributed by atoms with van der Waals surface area (Å²) in [6, 6.07) is 5.77. The number of hydrogen-bond acceptors (Lipinski definition) is 5. The summed E-state index contributed by atoms with van der Waals surface area (Å²) in [5.74, 6) is -1.25. The summed E-state index contributed by atoms with van der Waals surface area (Å²) in [5, 5.41) is 13.4. The zero-order valence-electron chi connectivity index (χ0n) is 10.7. The van der Waals surface area contributed by atoms with Crippen LogP contribution in [0.2, 0.25) is 5.15 Å². The molecule has 2 aromatic heterocycles. The summed E-state index contributed by atoms with van der Waals surface area (Å²) in [4.78, 5) is 27.0. The third kappa shape index (κ3) is 4.15. The van der Waals surface area contributed by atoms with Gasteiger partial charge >= 0.3 is 5.97 Å². The molecule has 0 unspecified atom stereocenters.